The molecule has 0 amide bonds. The smallest absolute Gasteiger partial charge is 0.194 e. The van der Waals surface area contributed by atoms with Crippen molar-refractivity contribution in [3.63, 3.8) is 0 Å². The molecule has 0 unspecified atom stereocenters. The Morgan fingerprint density at radius 1 is 1.20 bits per heavy atom. The van der Waals surface area contributed by atoms with Gasteiger partial charge in [0.1, 0.15) is 12.4 Å². The van der Waals surface area contributed by atoms with E-state index in [2.05, 4.69) is 22.0 Å². The second-order valence-electron chi connectivity index (χ2n) is 7.64. The molecule has 2 fully saturated rings. The van der Waals surface area contributed by atoms with Crippen molar-refractivity contribution in [3.8, 4) is 5.75 Å². The molecule has 170 valence electrons. The summed E-state index contributed by atoms with van der Waals surface area (Å²) in [4.78, 5) is 9.42. The molecule has 2 heterocycles. The monoisotopic (exact) mass is 552 g/mol. The Morgan fingerprint density at radius 3 is 2.50 bits per heavy atom. The largest absolute Gasteiger partial charge is 0.492 e. The third-order valence-corrected chi connectivity index (χ3v) is 5.70. The first-order chi connectivity index (χ1) is 14.1. The van der Waals surface area contributed by atoms with Crippen LogP contribution in [0.1, 0.15) is 19.8 Å². The number of aliphatic hydroxyl groups is 1. The van der Waals surface area contributed by atoms with E-state index in [1.165, 1.54) is 0 Å². The summed E-state index contributed by atoms with van der Waals surface area (Å²) in [7, 11) is 0. The van der Waals surface area contributed by atoms with Crippen LogP contribution in [0.15, 0.2) is 29.3 Å². The Labute approximate surface area is 201 Å². The van der Waals surface area contributed by atoms with Gasteiger partial charge in [-0.25, -0.2) is 0 Å². The highest BCUT2D eigenvalue weighted by atomic mass is 127. The van der Waals surface area contributed by atoms with Crippen LogP contribution in [0, 0.1) is 0 Å². The van der Waals surface area contributed by atoms with E-state index >= 15 is 0 Å². The first-order valence-corrected chi connectivity index (χ1v) is 10.9. The van der Waals surface area contributed by atoms with Gasteiger partial charge < -0.3 is 24.8 Å². The van der Waals surface area contributed by atoms with Gasteiger partial charge in [-0.1, -0.05) is 11.6 Å². The highest BCUT2D eigenvalue weighted by Crippen LogP contribution is 2.21. The van der Waals surface area contributed by atoms with Crippen LogP contribution in [-0.4, -0.2) is 92.1 Å². The summed E-state index contributed by atoms with van der Waals surface area (Å²) in [6.07, 6.45) is 1.30. The first-order valence-electron chi connectivity index (χ1n) is 10.5. The third kappa shape index (κ3) is 8.03. The lowest BCUT2D eigenvalue weighted by Gasteiger charge is -2.37. The lowest BCUT2D eigenvalue weighted by Crippen LogP contribution is -2.53. The van der Waals surface area contributed by atoms with Crippen molar-refractivity contribution in [2.75, 3.05) is 65.6 Å². The van der Waals surface area contributed by atoms with Gasteiger partial charge in [0, 0.05) is 70.3 Å². The molecule has 0 saturated carbocycles. The van der Waals surface area contributed by atoms with E-state index in [1.807, 2.05) is 24.3 Å². The highest BCUT2D eigenvalue weighted by molar-refractivity contribution is 14.0. The number of rotatable bonds is 7. The van der Waals surface area contributed by atoms with Crippen LogP contribution in [0.25, 0.3) is 0 Å². The molecule has 1 aromatic carbocycles. The molecule has 2 aliphatic heterocycles. The minimum Gasteiger partial charge on any atom is -0.492 e. The first kappa shape index (κ1) is 25.5. The number of nitrogens with one attached hydrogen (secondary N) is 1. The zero-order valence-corrected chi connectivity index (χ0v) is 20.8. The molecule has 0 radical (unpaired) electrons. The summed E-state index contributed by atoms with van der Waals surface area (Å²) in [6.45, 7) is 9.83. The maximum absolute atomic E-state index is 10.7. The molecule has 3 rings (SSSR count). The summed E-state index contributed by atoms with van der Waals surface area (Å²) >= 11 is 5.90. The topological polar surface area (TPSA) is 69.6 Å². The Balaban J connectivity index is 0.00000320. The van der Waals surface area contributed by atoms with Gasteiger partial charge in [0.25, 0.3) is 0 Å². The van der Waals surface area contributed by atoms with Crippen molar-refractivity contribution in [3.05, 3.63) is 29.3 Å². The molecule has 30 heavy (non-hydrogen) atoms. The second-order valence-corrected chi connectivity index (χ2v) is 8.07. The molecular formula is C21H34ClIN4O3. The summed E-state index contributed by atoms with van der Waals surface area (Å²) < 4.78 is 11.2. The summed E-state index contributed by atoms with van der Waals surface area (Å²) in [5.74, 6) is 1.74. The number of ether oxygens (including phenoxy) is 2. The van der Waals surface area contributed by atoms with Crippen LogP contribution in [0.3, 0.4) is 0 Å². The summed E-state index contributed by atoms with van der Waals surface area (Å²) in [5.41, 5.74) is -0.736. The fourth-order valence-corrected chi connectivity index (χ4v) is 3.69. The van der Waals surface area contributed by atoms with Crippen LogP contribution in [0.2, 0.25) is 5.02 Å². The minimum absolute atomic E-state index is 0. The zero-order chi connectivity index (χ0) is 20.5. The fourth-order valence-electron chi connectivity index (χ4n) is 3.56. The molecular weight excluding hydrogens is 519 g/mol. The summed E-state index contributed by atoms with van der Waals surface area (Å²) in [6, 6.07) is 7.47. The molecule has 7 nitrogen and oxygen atoms in total. The molecule has 2 aliphatic rings. The third-order valence-electron chi connectivity index (χ3n) is 5.44. The van der Waals surface area contributed by atoms with Crippen molar-refractivity contribution in [1.29, 1.82) is 0 Å². The standard InChI is InChI=1S/C21H33ClN4O3.HI/c1-2-23-20(24-17-21(27)7-14-28-15-8-21)26-11-9-25(10-12-26)13-16-29-19-5-3-18(22)4-6-19;/h3-6,27H,2,7-17H2,1H3,(H,23,24);1H. The number of benzene rings is 1. The Bertz CT molecular complexity index is 648. The number of hydrogen-bond acceptors (Lipinski definition) is 5. The molecule has 1 aromatic rings. The molecule has 0 aliphatic carbocycles. The Morgan fingerprint density at radius 2 is 1.87 bits per heavy atom. The lowest BCUT2D eigenvalue weighted by atomic mass is 9.95. The van der Waals surface area contributed by atoms with Crippen molar-refractivity contribution < 1.29 is 14.6 Å². The molecule has 0 aromatic heterocycles. The molecule has 9 heteroatoms. The molecule has 2 saturated heterocycles. The van der Waals surface area contributed by atoms with Crippen molar-refractivity contribution in [2.24, 2.45) is 4.99 Å². The van der Waals surface area contributed by atoms with E-state index in [-0.39, 0.29) is 24.0 Å². The molecule has 0 bridgehead atoms. The van der Waals surface area contributed by atoms with Gasteiger partial charge in [0.2, 0.25) is 0 Å². The van der Waals surface area contributed by atoms with Gasteiger partial charge >= 0.3 is 0 Å². The average Bonchev–Trinajstić information content (AvgIpc) is 2.74. The molecule has 0 spiro atoms. The van der Waals surface area contributed by atoms with E-state index in [0.29, 0.717) is 39.2 Å². The van der Waals surface area contributed by atoms with E-state index in [1.54, 1.807) is 0 Å². The predicted molar refractivity (Wildman–Crippen MR) is 131 cm³/mol. The maximum atomic E-state index is 10.7. The van der Waals surface area contributed by atoms with Gasteiger partial charge in [-0.2, -0.15) is 0 Å². The summed E-state index contributed by atoms with van der Waals surface area (Å²) in [5, 5.41) is 14.8. The van der Waals surface area contributed by atoms with Crippen molar-refractivity contribution in [1.82, 2.24) is 15.1 Å². The van der Waals surface area contributed by atoms with Gasteiger partial charge in [0.05, 0.1) is 12.1 Å². The number of guanidine groups is 1. The van der Waals surface area contributed by atoms with E-state index in [0.717, 1.165) is 56.0 Å². The second kappa shape index (κ2) is 12.9. The Kier molecular flexibility index (Phi) is 10.9. The lowest BCUT2D eigenvalue weighted by molar-refractivity contribution is -0.0567. The normalized spacial score (nSPS) is 19.8. The van der Waals surface area contributed by atoms with Gasteiger partial charge in [-0.15, -0.1) is 24.0 Å². The minimum atomic E-state index is -0.736. The van der Waals surface area contributed by atoms with E-state index in [9.17, 15) is 5.11 Å². The highest BCUT2D eigenvalue weighted by Gasteiger charge is 2.30. The number of aliphatic imine (C=N–C) groups is 1. The van der Waals surface area contributed by atoms with Crippen molar-refractivity contribution >= 4 is 41.5 Å². The quantitative estimate of drug-likeness (QED) is 0.308. The number of nitrogens with zero attached hydrogens (tertiary/aromatic N) is 3. The van der Waals surface area contributed by atoms with Crippen LogP contribution in [-0.2, 0) is 4.74 Å². The SMILES string of the molecule is CCNC(=NCC1(O)CCOCC1)N1CCN(CCOc2ccc(Cl)cc2)CC1.I. The van der Waals surface area contributed by atoms with Crippen LogP contribution in [0.5, 0.6) is 5.75 Å². The number of halogens is 2. The van der Waals surface area contributed by atoms with Crippen LogP contribution >= 0.6 is 35.6 Å². The predicted octanol–water partition coefficient (Wildman–Crippen LogP) is 2.46. The molecule has 2 N–H and O–H groups in total. The number of hydrogen-bond donors (Lipinski definition) is 2. The maximum Gasteiger partial charge on any atom is 0.194 e. The average molecular weight is 553 g/mol. The van der Waals surface area contributed by atoms with Crippen LogP contribution in [0.4, 0.5) is 0 Å². The van der Waals surface area contributed by atoms with Gasteiger partial charge in [0.15, 0.2) is 5.96 Å². The van der Waals surface area contributed by atoms with Crippen molar-refractivity contribution in [2.45, 2.75) is 25.4 Å². The molecule has 0 atom stereocenters. The zero-order valence-electron chi connectivity index (χ0n) is 17.7. The van der Waals surface area contributed by atoms with Crippen LogP contribution < -0.4 is 10.1 Å². The van der Waals surface area contributed by atoms with E-state index < -0.39 is 5.60 Å². The Hall–Kier alpha value is -0.810. The van der Waals surface area contributed by atoms with Gasteiger partial charge in [-0.3, -0.25) is 9.89 Å². The van der Waals surface area contributed by atoms with E-state index in [4.69, 9.17) is 26.1 Å². The fraction of sp³-hybridized carbons (Fsp3) is 0.667. The number of piperazine rings is 1. The van der Waals surface area contributed by atoms with Gasteiger partial charge in [-0.05, 0) is 31.2 Å².